The first-order chi connectivity index (χ1) is 7.20. The predicted octanol–water partition coefficient (Wildman–Crippen LogP) is 3.92. The molecule has 1 heterocycles. The fraction of sp³-hybridized carbons (Fsp3) is 0.100. The zero-order valence-corrected chi connectivity index (χ0v) is 9.89. The average molecular weight is 262 g/mol. The van der Waals surface area contributed by atoms with Crippen LogP contribution in [0.1, 0.15) is 5.56 Å². The number of benzene rings is 1. The smallest absolute Gasteiger partial charge is 0.0832 e. The minimum absolute atomic E-state index is 0.436. The van der Waals surface area contributed by atoms with Crippen molar-refractivity contribution in [2.75, 3.05) is 0 Å². The molecule has 0 unspecified atom stereocenters. The molecule has 0 bridgehead atoms. The van der Waals surface area contributed by atoms with Gasteiger partial charge in [-0.1, -0.05) is 23.2 Å². The predicted molar refractivity (Wildman–Crippen MR) is 63.1 cm³/mol. The van der Waals surface area contributed by atoms with Crippen molar-refractivity contribution >= 4 is 34.8 Å². The van der Waals surface area contributed by atoms with Crippen molar-refractivity contribution in [3.05, 3.63) is 46.2 Å². The van der Waals surface area contributed by atoms with Gasteiger partial charge in [-0.25, -0.2) is 4.68 Å². The maximum absolute atomic E-state index is 6.04. The second-order valence-electron chi connectivity index (χ2n) is 3.02. The summed E-state index contributed by atoms with van der Waals surface area (Å²) >= 11 is 17.5. The highest BCUT2D eigenvalue weighted by Crippen LogP contribution is 2.24. The standard InChI is InChI=1S/C10H7Cl3N2/c11-4-7-5-14-15(6-7)10-2-1-8(12)3-9(10)13/h1-3,5-6H,4H2. The molecular formula is C10H7Cl3N2. The van der Waals surface area contributed by atoms with Crippen molar-refractivity contribution < 1.29 is 0 Å². The maximum atomic E-state index is 6.04. The summed E-state index contributed by atoms with van der Waals surface area (Å²) in [6.45, 7) is 0. The summed E-state index contributed by atoms with van der Waals surface area (Å²) < 4.78 is 1.68. The van der Waals surface area contributed by atoms with E-state index in [2.05, 4.69) is 5.10 Å². The van der Waals surface area contributed by atoms with Crippen LogP contribution in [0.4, 0.5) is 0 Å². The van der Waals surface area contributed by atoms with Crippen molar-refractivity contribution in [3.63, 3.8) is 0 Å². The molecule has 2 nitrogen and oxygen atoms in total. The summed E-state index contributed by atoms with van der Waals surface area (Å²) in [5, 5.41) is 5.32. The Morgan fingerprint density at radius 1 is 1.27 bits per heavy atom. The third-order valence-electron chi connectivity index (χ3n) is 1.95. The molecule has 0 radical (unpaired) electrons. The van der Waals surface area contributed by atoms with E-state index >= 15 is 0 Å². The number of aromatic nitrogens is 2. The molecule has 1 aromatic carbocycles. The molecule has 0 N–H and O–H groups in total. The van der Waals surface area contributed by atoms with Crippen molar-refractivity contribution in [1.29, 1.82) is 0 Å². The minimum atomic E-state index is 0.436. The second-order valence-corrected chi connectivity index (χ2v) is 4.13. The lowest BCUT2D eigenvalue weighted by Gasteiger charge is -2.03. The maximum Gasteiger partial charge on any atom is 0.0832 e. The van der Waals surface area contributed by atoms with Gasteiger partial charge in [-0.15, -0.1) is 11.6 Å². The van der Waals surface area contributed by atoms with E-state index in [1.165, 1.54) is 0 Å². The van der Waals surface area contributed by atoms with Crippen LogP contribution in [-0.2, 0) is 5.88 Å². The Kier molecular flexibility index (Phi) is 3.19. The highest BCUT2D eigenvalue weighted by atomic mass is 35.5. The van der Waals surface area contributed by atoms with Gasteiger partial charge in [0.25, 0.3) is 0 Å². The molecule has 0 spiro atoms. The molecule has 2 rings (SSSR count). The lowest BCUT2D eigenvalue weighted by molar-refractivity contribution is 0.880. The van der Waals surface area contributed by atoms with Crippen molar-refractivity contribution in [2.45, 2.75) is 5.88 Å². The Morgan fingerprint density at radius 3 is 2.67 bits per heavy atom. The molecule has 78 valence electrons. The van der Waals surface area contributed by atoms with Crippen LogP contribution in [0.15, 0.2) is 30.6 Å². The summed E-state index contributed by atoms with van der Waals surface area (Å²) in [6, 6.07) is 5.26. The first-order valence-corrected chi connectivity index (χ1v) is 5.54. The average Bonchev–Trinajstić information content (AvgIpc) is 2.66. The number of hydrogen-bond acceptors (Lipinski definition) is 1. The van der Waals surface area contributed by atoms with Gasteiger partial charge < -0.3 is 0 Å². The highest BCUT2D eigenvalue weighted by Gasteiger charge is 2.05. The largest absolute Gasteiger partial charge is 0.239 e. The molecule has 0 aliphatic heterocycles. The zero-order valence-electron chi connectivity index (χ0n) is 7.62. The van der Waals surface area contributed by atoms with Crippen LogP contribution in [0.3, 0.4) is 0 Å². The van der Waals surface area contributed by atoms with E-state index in [1.807, 2.05) is 12.3 Å². The number of rotatable bonds is 2. The van der Waals surface area contributed by atoms with E-state index in [0.717, 1.165) is 11.3 Å². The van der Waals surface area contributed by atoms with Gasteiger partial charge in [0.2, 0.25) is 0 Å². The number of halogens is 3. The normalized spacial score (nSPS) is 10.6. The summed E-state index contributed by atoms with van der Waals surface area (Å²) in [5.41, 5.74) is 1.74. The van der Waals surface area contributed by atoms with Crippen molar-refractivity contribution in [3.8, 4) is 5.69 Å². The first kappa shape index (κ1) is 10.8. The summed E-state index contributed by atoms with van der Waals surface area (Å²) in [7, 11) is 0. The zero-order chi connectivity index (χ0) is 10.8. The first-order valence-electron chi connectivity index (χ1n) is 4.25. The van der Waals surface area contributed by atoms with Crippen molar-refractivity contribution in [1.82, 2.24) is 9.78 Å². The van der Waals surface area contributed by atoms with Gasteiger partial charge in [0.15, 0.2) is 0 Å². The van der Waals surface area contributed by atoms with Gasteiger partial charge in [0.05, 0.1) is 22.8 Å². The third-order valence-corrected chi connectivity index (χ3v) is 2.79. The van der Waals surface area contributed by atoms with E-state index in [4.69, 9.17) is 34.8 Å². The van der Waals surface area contributed by atoms with Crippen LogP contribution < -0.4 is 0 Å². The fourth-order valence-corrected chi connectivity index (χ4v) is 1.86. The van der Waals surface area contributed by atoms with Gasteiger partial charge >= 0.3 is 0 Å². The van der Waals surface area contributed by atoms with Crippen LogP contribution in [0.2, 0.25) is 10.0 Å². The molecule has 1 aromatic heterocycles. The molecule has 0 saturated heterocycles. The lowest BCUT2D eigenvalue weighted by atomic mass is 10.3. The Labute approximate surface area is 102 Å². The molecule has 15 heavy (non-hydrogen) atoms. The molecule has 5 heteroatoms. The molecule has 0 atom stereocenters. The summed E-state index contributed by atoms with van der Waals surface area (Å²) in [5.74, 6) is 0.436. The fourth-order valence-electron chi connectivity index (χ4n) is 1.23. The van der Waals surface area contributed by atoms with Gasteiger partial charge in [-0.05, 0) is 18.2 Å². The number of alkyl halides is 1. The van der Waals surface area contributed by atoms with Crippen LogP contribution in [0, 0.1) is 0 Å². The SMILES string of the molecule is ClCc1cnn(-c2ccc(Cl)cc2Cl)c1. The highest BCUT2D eigenvalue weighted by molar-refractivity contribution is 6.35. The van der Waals surface area contributed by atoms with E-state index in [0.29, 0.717) is 15.9 Å². The summed E-state index contributed by atoms with van der Waals surface area (Å²) in [4.78, 5) is 0. The third kappa shape index (κ3) is 2.28. The minimum Gasteiger partial charge on any atom is -0.239 e. The van der Waals surface area contributed by atoms with Crippen LogP contribution in [0.25, 0.3) is 5.69 Å². The summed E-state index contributed by atoms with van der Waals surface area (Å²) in [6.07, 6.45) is 3.54. The molecule has 0 aliphatic carbocycles. The monoisotopic (exact) mass is 260 g/mol. The van der Waals surface area contributed by atoms with Crippen LogP contribution in [-0.4, -0.2) is 9.78 Å². The van der Waals surface area contributed by atoms with Crippen LogP contribution >= 0.6 is 34.8 Å². The van der Waals surface area contributed by atoms with E-state index in [9.17, 15) is 0 Å². The molecule has 0 amide bonds. The van der Waals surface area contributed by atoms with Crippen molar-refractivity contribution in [2.24, 2.45) is 0 Å². The number of hydrogen-bond donors (Lipinski definition) is 0. The second kappa shape index (κ2) is 4.44. The van der Waals surface area contributed by atoms with Gasteiger partial charge in [0.1, 0.15) is 0 Å². The molecule has 2 aromatic rings. The molecular weight excluding hydrogens is 254 g/mol. The van der Waals surface area contributed by atoms with E-state index in [-0.39, 0.29) is 0 Å². The molecule has 0 fully saturated rings. The Balaban J connectivity index is 2.44. The van der Waals surface area contributed by atoms with Gasteiger partial charge in [0, 0.05) is 16.8 Å². The lowest BCUT2D eigenvalue weighted by Crippen LogP contribution is -1.94. The van der Waals surface area contributed by atoms with E-state index < -0.39 is 0 Å². The van der Waals surface area contributed by atoms with Gasteiger partial charge in [-0.2, -0.15) is 5.10 Å². The Hall–Kier alpha value is -0.700. The topological polar surface area (TPSA) is 17.8 Å². The Bertz CT molecular complexity index is 479. The number of nitrogens with zero attached hydrogens (tertiary/aromatic N) is 2. The molecule has 0 saturated carbocycles. The Morgan fingerprint density at radius 2 is 2.07 bits per heavy atom. The molecule has 0 aliphatic rings. The van der Waals surface area contributed by atoms with Crippen LogP contribution in [0.5, 0.6) is 0 Å². The quantitative estimate of drug-likeness (QED) is 0.749. The van der Waals surface area contributed by atoms with E-state index in [1.54, 1.807) is 23.0 Å². The van der Waals surface area contributed by atoms with Gasteiger partial charge in [-0.3, -0.25) is 0 Å².